The topological polar surface area (TPSA) is 55.1 Å². The van der Waals surface area contributed by atoms with E-state index in [1.165, 1.54) is 25.7 Å². The Labute approximate surface area is 116 Å². The number of nitrogen functional groups attached to an aromatic ring is 1. The van der Waals surface area contributed by atoms with Crippen LogP contribution < -0.4 is 11.1 Å². The van der Waals surface area contributed by atoms with Crippen molar-refractivity contribution in [2.75, 3.05) is 5.73 Å². The molecule has 3 N–H and O–H groups in total. The van der Waals surface area contributed by atoms with Gasteiger partial charge in [0, 0.05) is 21.8 Å². The summed E-state index contributed by atoms with van der Waals surface area (Å²) in [6.07, 6.45) is 7.20. The molecule has 0 radical (unpaired) electrons. The third-order valence-corrected chi connectivity index (χ3v) is 4.17. The number of carbonyl (C=O) groups is 1. The molecule has 1 aromatic carbocycles. The van der Waals surface area contributed by atoms with E-state index >= 15 is 0 Å². The molecule has 1 saturated carbocycles. The van der Waals surface area contributed by atoms with Crippen LogP contribution in [0.15, 0.2) is 22.7 Å². The Balaban J connectivity index is 1.99. The molecule has 4 heteroatoms. The van der Waals surface area contributed by atoms with E-state index in [2.05, 4.69) is 21.2 Å². The third-order valence-electron chi connectivity index (χ3n) is 3.45. The van der Waals surface area contributed by atoms with Gasteiger partial charge in [0.1, 0.15) is 0 Å². The molecular weight excluding hydrogens is 292 g/mol. The fraction of sp³-hybridized carbons (Fsp3) is 0.500. The first-order chi connectivity index (χ1) is 8.66. The SMILES string of the molecule is Nc1cc(C(=O)NC2CCCCCC2)ccc1Br. The van der Waals surface area contributed by atoms with Crippen LogP contribution in [0.1, 0.15) is 48.9 Å². The van der Waals surface area contributed by atoms with E-state index in [-0.39, 0.29) is 5.91 Å². The van der Waals surface area contributed by atoms with Crippen molar-refractivity contribution < 1.29 is 4.79 Å². The Morgan fingerprint density at radius 1 is 1.22 bits per heavy atom. The molecule has 1 aliphatic rings. The van der Waals surface area contributed by atoms with Gasteiger partial charge in [-0.15, -0.1) is 0 Å². The molecule has 3 nitrogen and oxygen atoms in total. The third kappa shape index (κ3) is 3.48. The Morgan fingerprint density at radius 3 is 2.50 bits per heavy atom. The van der Waals surface area contributed by atoms with E-state index in [0.29, 0.717) is 17.3 Å². The minimum absolute atomic E-state index is 0.0129. The molecule has 0 heterocycles. The van der Waals surface area contributed by atoms with Crippen LogP contribution in [0.3, 0.4) is 0 Å². The highest BCUT2D eigenvalue weighted by atomic mass is 79.9. The van der Waals surface area contributed by atoms with Gasteiger partial charge < -0.3 is 11.1 Å². The second-order valence-corrected chi connectivity index (χ2v) is 5.75. The second-order valence-electron chi connectivity index (χ2n) is 4.90. The van der Waals surface area contributed by atoms with Gasteiger partial charge in [-0.3, -0.25) is 4.79 Å². The van der Waals surface area contributed by atoms with Crippen LogP contribution in [-0.4, -0.2) is 11.9 Å². The molecule has 0 saturated heterocycles. The normalized spacial score (nSPS) is 17.2. The Bertz CT molecular complexity index is 426. The zero-order valence-corrected chi connectivity index (χ0v) is 12.0. The lowest BCUT2D eigenvalue weighted by molar-refractivity contribution is 0.0933. The lowest BCUT2D eigenvalue weighted by Gasteiger charge is -2.16. The first-order valence-electron chi connectivity index (χ1n) is 6.52. The predicted molar refractivity (Wildman–Crippen MR) is 77.5 cm³/mol. The molecule has 1 amide bonds. The molecule has 0 bridgehead atoms. The lowest BCUT2D eigenvalue weighted by Crippen LogP contribution is -2.34. The van der Waals surface area contributed by atoms with Gasteiger partial charge in [-0.25, -0.2) is 0 Å². The van der Waals surface area contributed by atoms with Crippen LogP contribution in [0.25, 0.3) is 0 Å². The summed E-state index contributed by atoms with van der Waals surface area (Å²) >= 11 is 3.33. The number of halogens is 1. The Morgan fingerprint density at radius 2 is 1.89 bits per heavy atom. The van der Waals surface area contributed by atoms with Gasteiger partial charge in [0.25, 0.3) is 5.91 Å². The fourth-order valence-electron chi connectivity index (χ4n) is 2.38. The number of amides is 1. The molecule has 0 spiro atoms. The monoisotopic (exact) mass is 310 g/mol. The average molecular weight is 311 g/mol. The molecule has 0 aliphatic heterocycles. The van der Waals surface area contributed by atoms with E-state index < -0.39 is 0 Å². The number of nitrogens with one attached hydrogen (secondary N) is 1. The summed E-state index contributed by atoms with van der Waals surface area (Å²) in [5, 5.41) is 3.11. The highest BCUT2D eigenvalue weighted by Gasteiger charge is 2.16. The molecule has 0 unspecified atom stereocenters. The summed E-state index contributed by atoms with van der Waals surface area (Å²) in [5.41, 5.74) is 7.03. The molecule has 0 aromatic heterocycles. The van der Waals surface area contributed by atoms with Gasteiger partial charge in [-0.2, -0.15) is 0 Å². The highest BCUT2D eigenvalue weighted by Crippen LogP contribution is 2.21. The lowest BCUT2D eigenvalue weighted by atomic mass is 10.1. The zero-order valence-electron chi connectivity index (χ0n) is 10.4. The van der Waals surface area contributed by atoms with E-state index in [9.17, 15) is 4.79 Å². The molecule has 0 atom stereocenters. The summed E-state index contributed by atoms with van der Waals surface area (Å²) in [6.45, 7) is 0. The predicted octanol–water partition coefficient (Wildman–Crippen LogP) is 3.48. The highest BCUT2D eigenvalue weighted by molar-refractivity contribution is 9.10. The largest absolute Gasteiger partial charge is 0.398 e. The molecular formula is C14H19BrN2O. The van der Waals surface area contributed by atoms with Crippen LogP contribution in [0.2, 0.25) is 0 Å². The first kappa shape index (κ1) is 13.4. The van der Waals surface area contributed by atoms with Gasteiger partial charge in [-0.1, -0.05) is 25.7 Å². The maximum absolute atomic E-state index is 12.1. The fourth-order valence-corrected chi connectivity index (χ4v) is 2.62. The van der Waals surface area contributed by atoms with Gasteiger partial charge in [0.05, 0.1) is 0 Å². The minimum atomic E-state index is -0.0129. The van der Waals surface area contributed by atoms with Gasteiger partial charge >= 0.3 is 0 Å². The maximum atomic E-state index is 12.1. The standard InChI is InChI=1S/C14H19BrN2O/c15-12-8-7-10(9-13(12)16)14(18)17-11-5-3-1-2-4-6-11/h7-9,11H,1-6,16H2,(H,17,18). The number of carbonyl (C=O) groups excluding carboxylic acids is 1. The van der Waals surface area contributed by atoms with Crippen molar-refractivity contribution in [3.05, 3.63) is 28.2 Å². The van der Waals surface area contributed by atoms with Crippen molar-refractivity contribution in [3.63, 3.8) is 0 Å². The minimum Gasteiger partial charge on any atom is -0.398 e. The van der Waals surface area contributed by atoms with Gasteiger partial charge in [0.2, 0.25) is 0 Å². The summed E-state index contributed by atoms with van der Waals surface area (Å²) < 4.78 is 0.827. The van der Waals surface area contributed by atoms with Crippen molar-refractivity contribution in [1.29, 1.82) is 0 Å². The van der Waals surface area contributed by atoms with Crippen LogP contribution in [0.4, 0.5) is 5.69 Å². The number of hydrogen-bond acceptors (Lipinski definition) is 2. The van der Waals surface area contributed by atoms with Crippen molar-refractivity contribution in [2.45, 2.75) is 44.6 Å². The zero-order chi connectivity index (χ0) is 13.0. The molecule has 1 aromatic rings. The van der Waals surface area contributed by atoms with E-state index in [0.717, 1.165) is 17.3 Å². The van der Waals surface area contributed by atoms with Crippen molar-refractivity contribution in [3.8, 4) is 0 Å². The Hall–Kier alpha value is -1.03. The first-order valence-corrected chi connectivity index (χ1v) is 7.32. The quantitative estimate of drug-likeness (QED) is 0.649. The number of nitrogens with two attached hydrogens (primary N) is 1. The van der Waals surface area contributed by atoms with Crippen LogP contribution >= 0.6 is 15.9 Å². The van der Waals surface area contributed by atoms with Crippen molar-refractivity contribution in [1.82, 2.24) is 5.32 Å². The number of hydrogen-bond donors (Lipinski definition) is 2. The summed E-state index contributed by atoms with van der Waals surface area (Å²) in [7, 11) is 0. The summed E-state index contributed by atoms with van der Waals surface area (Å²) in [6, 6.07) is 5.66. The van der Waals surface area contributed by atoms with E-state index in [4.69, 9.17) is 5.73 Å². The van der Waals surface area contributed by atoms with Crippen LogP contribution in [0, 0.1) is 0 Å². The van der Waals surface area contributed by atoms with Gasteiger partial charge in [0.15, 0.2) is 0 Å². The van der Waals surface area contributed by atoms with Gasteiger partial charge in [-0.05, 0) is 47.0 Å². The molecule has 98 valence electrons. The number of anilines is 1. The molecule has 1 fully saturated rings. The number of rotatable bonds is 2. The van der Waals surface area contributed by atoms with E-state index in [1.807, 2.05) is 6.07 Å². The summed E-state index contributed by atoms with van der Waals surface area (Å²) in [4.78, 5) is 12.1. The Kier molecular flexibility index (Phi) is 4.64. The molecule has 18 heavy (non-hydrogen) atoms. The molecule has 1 aliphatic carbocycles. The van der Waals surface area contributed by atoms with Crippen LogP contribution in [-0.2, 0) is 0 Å². The maximum Gasteiger partial charge on any atom is 0.251 e. The summed E-state index contributed by atoms with van der Waals surface area (Å²) in [5.74, 6) is -0.0129. The smallest absolute Gasteiger partial charge is 0.251 e. The molecule has 2 rings (SSSR count). The van der Waals surface area contributed by atoms with Crippen molar-refractivity contribution >= 4 is 27.5 Å². The average Bonchev–Trinajstić information content (AvgIpc) is 2.61. The van der Waals surface area contributed by atoms with Crippen LogP contribution in [0.5, 0.6) is 0 Å². The second kappa shape index (κ2) is 6.23. The number of benzene rings is 1. The van der Waals surface area contributed by atoms with E-state index in [1.54, 1.807) is 12.1 Å². The van der Waals surface area contributed by atoms with Crippen molar-refractivity contribution in [2.24, 2.45) is 0 Å².